The molecule has 2 aliphatic rings. The maximum atomic E-state index is 13.0. The van der Waals surface area contributed by atoms with Crippen LogP contribution in [-0.2, 0) is 25.3 Å². The maximum absolute atomic E-state index is 13.0. The van der Waals surface area contributed by atoms with Gasteiger partial charge in [0, 0.05) is 12.0 Å². The molecule has 5 nitrogen and oxygen atoms in total. The van der Waals surface area contributed by atoms with Crippen molar-refractivity contribution in [3.05, 3.63) is 42.5 Å². The topological polar surface area (TPSA) is 54.0 Å². The molecule has 0 bridgehead atoms. The van der Waals surface area contributed by atoms with Gasteiger partial charge in [0.2, 0.25) is 0 Å². The predicted molar refractivity (Wildman–Crippen MR) is 157 cm³/mol. The fourth-order valence-corrected chi connectivity index (χ4v) is 7.95. The van der Waals surface area contributed by atoms with Crippen LogP contribution in [0.5, 0.6) is 5.75 Å². The van der Waals surface area contributed by atoms with Gasteiger partial charge in [-0.2, -0.15) is 0 Å². The van der Waals surface area contributed by atoms with E-state index in [0.29, 0.717) is 24.5 Å². The van der Waals surface area contributed by atoms with Gasteiger partial charge < -0.3 is 18.6 Å². The van der Waals surface area contributed by atoms with Gasteiger partial charge >= 0.3 is 5.97 Å². The van der Waals surface area contributed by atoms with Gasteiger partial charge in [-0.25, -0.2) is 4.79 Å². The largest absolute Gasteiger partial charge is 0.497 e. The summed E-state index contributed by atoms with van der Waals surface area (Å²) in [5.74, 6) is 1.67. The Morgan fingerprint density at radius 2 is 1.82 bits per heavy atom. The van der Waals surface area contributed by atoms with Gasteiger partial charge in [0.25, 0.3) is 0 Å². The van der Waals surface area contributed by atoms with Crippen LogP contribution in [0.3, 0.4) is 0 Å². The molecular weight excluding hydrogens is 492 g/mol. The van der Waals surface area contributed by atoms with Gasteiger partial charge in [0.15, 0.2) is 14.4 Å². The Bertz CT molecular complexity index is 936. The van der Waals surface area contributed by atoms with Crippen LogP contribution < -0.4 is 4.74 Å². The van der Waals surface area contributed by atoms with Crippen molar-refractivity contribution in [2.45, 2.75) is 117 Å². The van der Waals surface area contributed by atoms with E-state index in [1.54, 1.807) is 14.0 Å². The van der Waals surface area contributed by atoms with E-state index in [-0.39, 0.29) is 28.4 Å². The van der Waals surface area contributed by atoms with Gasteiger partial charge in [-0.1, -0.05) is 65.8 Å². The quantitative estimate of drug-likeness (QED) is 0.161. The summed E-state index contributed by atoms with van der Waals surface area (Å²) in [5.41, 5.74) is 1.17. The third-order valence-corrected chi connectivity index (χ3v) is 14.5. The molecule has 6 heteroatoms. The van der Waals surface area contributed by atoms with E-state index in [9.17, 15) is 4.79 Å². The summed E-state index contributed by atoms with van der Waals surface area (Å²) in [5, 5.41) is 0.209. The van der Waals surface area contributed by atoms with Crippen molar-refractivity contribution in [3.8, 4) is 5.75 Å². The second-order valence-electron chi connectivity index (χ2n) is 13.4. The summed E-state index contributed by atoms with van der Waals surface area (Å²) in [7, 11) is -0.199. The predicted octanol–water partition coefficient (Wildman–Crippen LogP) is 7.94. The Morgan fingerprint density at radius 3 is 2.39 bits per heavy atom. The number of benzene rings is 1. The molecule has 2 aliphatic carbocycles. The highest BCUT2D eigenvalue weighted by molar-refractivity contribution is 6.74. The number of hydrogen-bond acceptors (Lipinski definition) is 5. The molecule has 7 atom stereocenters. The molecule has 0 aromatic heterocycles. The number of carbonyl (C=O) groups is 1. The number of esters is 1. The van der Waals surface area contributed by atoms with E-state index in [4.69, 9.17) is 18.6 Å². The lowest BCUT2D eigenvalue weighted by Gasteiger charge is -2.50. The molecule has 2 fully saturated rings. The first-order chi connectivity index (χ1) is 17.7. The van der Waals surface area contributed by atoms with Crippen molar-refractivity contribution >= 4 is 14.3 Å². The van der Waals surface area contributed by atoms with E-state index >= 15 is 0 Å². The molecule has 3 rings (SSSR count). The molecule has 0 heterocycles. The highest BCUT2D eigenvalue weighted by Gasteiger charge is 2.55. The number of ether oxygens (including phenoxy) is 3. The number of hydrogen-bond donors (Lipinski definition) is 0. The van der Waals surface area contributed by atoms with Crippen LogP contribution in [0.1, 0.15) is 79.2 Å². The Balaban J connectivity index is 1.62. The van der Waals surface area contributed by atoms with Gasteiger partial charge in [-0.05, 0) is 85.7 Å². The monoisotopic (exact) mass is 544 g/mol. The Kier molecular flexibility index (Phi) is 9.97. The smallest absolute Gasteiger partial charge is 0.335 e. The first kappa shape index (κ1) is 30.9. The van der Waals surface area contributed by atoms with Gasteiger partial charge in [0.05, 0.1) is 13.7 Å². The molecule has 1 aromatic rings. The second-order valence-corrected chi connectivity index (χ2v) is 18.2. The zero-order valence-electron chi connectivity index (χ0n) is 25.3. The minimum Gasteiger partial charge on any atom is -0.497 e. The molecule has 38 heavy (non-hydrogen) atoms. The Morgan fingerprint density at radius 1 is 1.16 bits per heavy atom. The maximum Gasteiger partial charge on any atom is 0.335 e. The van der Waals surface area contributed by atoms with Crippen molar-refractivity contribution < 1.29 is 23.4 Å². The highest BCUT2D eigenvalue weighted by atomic mass is 28.4. The van der Waals surface area contributed by atoms with Crippen LogP contribution in [0.15, 0.2) is 36.9 Å². The van der Waals surface area contributed by atoms with Crippen LogP contribution in [0, 0.1) is 23.2 Å². The molecule has 2 saturated carbocycles. The molecular formula is C32H52O5Si. The number of fused-ring (bicyclic) bond motifs is 1. The molecule has 0 saturated heterocycles. The number of methoxy groups -OCH3 is 1. The SMILES string of the molecule is C=C[C@H](OC(=O)C(C)OCc1ccc(OC)cc1)[C@@H](C)[C@H]1CC[C@H]2[C@@H](O[Si](C)(C)C(C)(C)C)CCC[C@]12C. The first-order valence-corrected chi connectivity index (χ1v) is 17.4. The molecule has 0 N–H and O–H groups in total. The van der Waals surface area contributed by atoms with Crippen molar-refractivity contribution in [2.24, 2.45) is 23.2 Å². The molecule has 1 aromatic carbocycles. The van der Waals surface area contributed by atoms with Crippen molar-refractivity contribution in [1.29, 1.82) is 0 Å². The summed E-state index contributed by atoms with van der Waals surface area (Å²) >= 11 is 0. The van der Waals surface area contributed by atoms with Crippen LogP contribution in [0.4, 0.5) is 0 Å². The normalized spacial score (nSPS) is 28.2. The van der Waals surface area contributed by atoms with Gasteiger partial charge in [-0.3, -0.25) is 0 Å². The Labute approximate surface area is 232 Å². The zero-order chi connectivity index (χ0) is 28.3. The summed E-state index contributed by atoms with van der Waals surface area (Å²) in [6.45, 7) is 22.6. The molecule has 0 radical (unpaired) electrons. The minimum atomic E-state index is -1.84. The summed E-state index contributed by atoms with van der Waals surface area (Å²) < 4.78 is 24.1. The molecule has 0 amide bonds. The molecule has 0 spiro atoms. The molecule has 0 aliphatic heterocycles. The van der Waals surface area contributed by atoms with E-state index < -0.39 is 14.4 Å². The first-order valence-electron chi connectivity index (χ1n) is 14.5. The Hall–Kier alpha value is -1.63. The van der Waals surface area contributed by atoms with Gasteiger partial charge in [0.1, 0.15) is 11.9 Å². The van der Waals surface area contributed by atoms with Crippen LogP contribution in [0.25, 0.3) is 0 Å². The van der Waals surface area contributed by atoms with E-state index in [1.165, 1.54) is 19.3 Å². The summed E-state index contributed by atoms with van der Waals surface area (Å²) in [6.07, 6.45) is 7.05. The standard InChI is InChI=1S/C32H52O5Si/c1-11-28(36-30(33)23(3)35-21-24-14-16-25(34-8)17-15-24)22(2)26-18-19-27-29(13-12-20-32(26,27)7)37-38(9,10)31(4,5)6/h11,14-17,22-23,26-29H,1,12-13,18-21H2,2-10H3/t22-,23?,26+,27-,28-,29-,32+/m0/s1. The fraction of sp³-hybridized carbons (Fsp3) is 0.719. The lowest BCUT2D eigenvalue weighted by molar-refractivity contribution is -0.164. The van der Waals surface area contributed by atoms with Crippen LogP contribution in [-0.4, -0.2) is 39.7 Å². The lowest BCUT2D eigenvalue weighted by atomic mass is 9.61. The van der Waals surface area contributed by atoms with Crippen LogP contribution >= 0.6 is 0 Å². The average Bonchev–Trinajstić information content (AvgIpc) is 3.22. The number of rotatable bonds is 11. The second kappa shape index (κ2) is 12.3. The third kappa shape index (κ3) is 6.74. The van der Waals surface area contributed by atoms with Crippen molar-refractivity contribution in [3.63, 3.8) is 0 Å². The van der Waals surface area contributed by atoms with Crippen LogP contribution in [0.2, 0.25) is 18.1 Å². The fourth-order valence-electron chi connectivity index (χ4n) is 6.56. The van der Waals surface area contributed by atoms with E-state index in [1.807, 2.05) is 30.3 Å². The van der Waals surface area contributed by atoms with Gasteiger partial charge in [-0.15, -0.1) is 0 Å². The average molecular weight is 545 g/mol. The summed E-state index contributed by atoms with van der Waals surface area (Å²) in [4.78, 5) is 13.0. The molecule has 214 valence electrons. The molecule has 1 unspecified atom stereocenters. The highest BCUT2D eigenvalue weighted by Crippen LogP contribution is 2.59. The van der Waals surface area contributed by atoms with E-state index in [0.717, 1.165) is 24.2 Å². The van der Waals surface area contributed by atoms with Crippen molar-refractivity contribution in [1.82, 2.24) is 0 Å². The van der Waals surface area contributed by atoms with Crippen molar-refractivity contribution in [2.75, 3.05) is 7.11 Å². The zero-order valence-corrected chi connectivity index (χ0v) is 26.3. The number of carbonyl (C=O) groups excluding carboxylic acids is 1. The summed E-state index contributed by atoms with van der Waals surface area (Å²) in [6, 6.07) is 7.66. The minimum absolute atomic E-state index is 0.187. The lowest BCUT2D eigenvalue weighted by Crippen LogP contribution is -2.50. The van der Waals surface area contributed by atoms with E-state index in [2.05, 4.69) is 54.3 Å². The third-order valence-electron chi connectivity index (χ3n) is 10.0.